The maximum Gasteiger partial charge on any atom is 0.305 e. The lowest BCUT2D eigenvalue weighted by molar-refractivity contribution is -0.143. The van der Waals surface area contributed by atoms with E-state index in [2.05, 4.69) is 55.6 Å². The number of aliphatic hydroxyl groups excluding tert-OH is 2. The first-order valence-electron chi connectivity index (χ1n) is 25.9. The number of ether oxygens (including phenoxy) is 1. The van der Waals surface area contributed by atoms with Crippen LogP contribution in [0.3, 0.4) is 0 Å². The van der Waals surface area contributed by atoms with E-state index in [1.54, 1.807) is 6.08 Å². The number of unbranched alkanes of at least 4 members (excludes halogenated alkanes) is 30. The van der Waals surface area contributed by atoms with Crippen LogP contribution in [-0.4, -0.2) is 47.4 Å². The third-order valence-electron chi connectivity index (χ3n) is 11.6. The van der Waals surface area contributed by atoms with Crippen LogP contribution in [0.1, 0.15) is 258 Å². The summed E-state index contributed by atoms with van der Waals surface area (Å²) in [6.45, 7) is 4.82. The van der Waals surface area contributed by atoms with E-state index in [-0.39, 0.29) is 18.5 Å². The quantitative estimate of drug-likeness (QED) is 0.0322. The molecular weight excluding hydrogens is 743 g/mol. The van der Waals surface area contributed by atoms with Crippen LogP contribution in [0, 0.1) is 0 Å². The fourth-order valence-corrected chi connectivity index (χ4v) is 7.54. The largest absolute Gasteiger partial charge is 0.466 e. The number of carbonyl (C=O) groups excluding carboxylic acids is 2. The van der Waals surface area contributed by atoms with E-state index in [0.29, 0.717) is 19.4 Å². The molecule has 0 aliphatic rings. The van der Waals surface area contributed by atoms with Crippen LogP contribution >= 0.6 is 0 Å². The molecule has 2 unspecified atom stereocenters. The lowest BCUT2D eigenvalue weighted by Gasteiger charge is -2.20. The molecule has 6 nitrogen and oxygen atoms in total. The summed E-state index contributed by atoms with van der Waals surface area (Å²) in [7, 11) is 0. The Morgan fingerprint density at radius 3 is 1.32 bits per heavy atom. The Hall–Kier alpha value is -2.18. The molecule has 6 heteroatoms. The number of rotatable bonds is 47. The minimum absolute atomic E-state index is 0.0128. The maximum atomic E-state index is 12.4. The van der Waals surface area contributed by atoms with Gasteiger partial charge in [-0.25, -0.2) is 0 Å². The molecule has 0 rings (SSSR count). The second kappa shape index (κ2) is 49.5. The second-order valence-corrected chi connectivity index (χ2v) is 17.5. The normalized spacial score (nSPS) is 13.1. The summed E-state index contributed by atoms with van der Waals surface area (Å²) >= 11 is 0. The summed E-state index contributed by atoms with van der Waals surface area (Å²) < 4.78 is 5.46. The Kier molecular flexibility index (Phi) is 47.7. The van der Waals surface area contributed by atoms with Gasteiger partial charge in [0.1, 0.15) is 0 Å². The van der Waals surface area contributed by atoms with Crippen molar-refractivity contribution >= 4 is 11.9 Å². The molecule has 350 valence electrons. The third kappa shape index (κ3) is 45.3. The third-order valence-corrected chi connectivity index (χ3v) is 11.6. The molecule has 0 heterocycles. The first-order valence-corrected chi connectivity index (χ1v) is 25.9. The van der Waals surface area contributed by atoms with Crippen LogP contribution in [0.15, 0.2) is 48.6 Å². The molecule has 2 atom stereocenters. The van der Waals surface area contributed by atoms with Gasteiger partial charge in [0.05, 0.1) is 25.4 Å². The van der Waals surface area contributed by atoms with Gasteiger partial charge in [0.2, 0.25) is 5.91 Å². The molecule has 0 saturated heterocycles. The molecule has 0 aliphatic carbocycles. The fourth-order valence-electron chi connectivity index (χ4n) is 7.54. The Bertz CT molecular complexity index is 1020. The van der Waals surface area contributed by atoms with Crippen molar-refractivity contribution in [1.82, 2.24) is 5.32 Å². The van der Waals surface area contributed by atoms with Crippen molar-refractivity contribution in [3.05, 3.63) is 48.6 Å². The number of hydrogen-bond donors (Lipinski definition) is 3. The van der Waals surface area contributed by atoms with Gasteiger partial charge in [-0.1, -0.05) is 204 Å². The predicted molar refractivity (Wildman–Crippen MR) is 259 cm³/mol. The summed E-state index contributed by atoms with van der Waals surface area (Å²) in [5.41, 5.74) is 0. The highest BCUT2D eigenvalue weighted by Crippen LogP contribution is 2.14. The van der Waals surface area contributed by atoms with Gasteiger partial charge in [-0.2, -0.15) is 0 Å². The molecule has 0 aromatic rings. The number of nitrogens with one attached hydrogen (secondary N) is 1. The monoisotopic (exact) mass is 842 g/mol. The Morgan fingerprint density at radius 2 is 0.833 bits per heavy atom. The molecule has 3 N–H and O–H groups in total. The van der Waals surface area contributed by atoms with Crippen molar-refractivity contribution in [2.45, 2.75) is 270 Å². The average molecular weight is 842 g/mol. The molecular formula is C54H99NO5. The van der Waals surface area contributed by atoms with E-state index in [9.17, 15) is 19.8 Å². The number of allylic oxidation sites excluding steroid dienone is 7. The lowest BCUT2D eigenvalue weighted by atomic mass is 10.1. The van der Waals surface area contributed by atoms with Gasteiger partial charge in [0.25, 0.3) is 0 Å². The number of hydrogen-bond acceptors (Lipinski definition) is 5. The SMILES string of the molecule is CCCCC/C=C\C/C=C\CCCCCCCCCC(=O)OCCCCCCCCC/C=C\CCCCCCCC(=O)NC(CO)C(O)/C=C/CCCCCCCCCC. The Balaban J connectivity index is 3.48. The smallest absolute Gasteiger partial charge is 0.305 e. The molecule has 0 radical (unpaired) electrons. The van der Waals surface area contributed by atoms with E-state index in [1.165, 1.54) is 161 Å². The topological polar surface area (TPSA) is 95.9 Å². The van der Waals surface area contributed by atoms with Crippen LogP contribution < -0.4 is 5.32 Å². The summed E-state index contributed by atoms with van der Waals surface area (Å²) in [5, 5.41) is 22.9. The number of aliphatic hydroxyl groups is 2. The fraction of sp³-hybridized carbons (Fsp3) is 0.815. The highest BCUT2D eigenvalue weighted by Gasteiger charge is 2.18. The van der Waals surface area contributed by atoms with Crippen molar-refractivity contribution in [2.75, 3.05) is 13.2 Å². The summed E-state index contributed by atoms with van der Waals surface area (Å²) in [6, 6.07) is -0.639. The molecule has 0 bridgehead atoms. The van der Waals surface area contributed by atoms with Gasteiger partial charge in [-0.05, 0) is 89.9 Å². The minimum Gasteiger partial charge on any atom is -0.466 e. The molecule has 0 aliphatic heterocycles. The number of carbonyl (C=O) groups is 2. The molecule has 1 amide bonds. The molecule has 60 heavy (non-hydrogen) atoms. The Morgan fingerprint density at radius 1 is 0.467 bits per heavy atom. The van der Waals surface area contributed by atoms with Crippen molar-refractivity contribution in [2.24, 2.45) is 0 Å². The lowest BCUT2D eigenvalue weighted by Crippen LogP contribution is -2.45. The van der Waals surface area contributed by atoms with E-state index >= 15 is 0 Å². The molecule has 0 saturated carbocycles. The van der Waals surface area contributed by atoms with Crippen molar-refractivity contribution in [3.63, 3.8) is 0 Å². The predicted octanol–water partition coefficient (Wildman–Crippen LogP) is 15.5. The summed E-state index contributed by atoms with van der Waals surface area (Å²) in [5.74, 6) is -0.102. The van der Waals surface area contributed by atoms with Crippen LogP contribution in [0.25, 0.3) is 0 Å². The Labute approximate surface area is 372 Å². The van der Waals surface area contributed by atoms with E-state index in [4.69, 9.17) is 4.74 Å². The van der Waals surface area contributed by atoms with Gasteiger partial charge >= 0.3 is 5.97 Å². The first-order chi connectivity index (χ1) is 29.5. The maximum absolute atomic E-state index is 12.4. The van der Waals surface area contributed by atoms with E-state index in [1.807, 2.05) is 6.08 Å². The number of esters is 1. The first kappa shape index (κ1) is 57.8. The summed E-state index contributed by atoms with van der Waals surface area (Å²) in [6.07, 6.45) is 61.1. The molecule has 0 spiro atoms. The van der Waals surface area contributed by atoms with Crippen LogP contribution in [-0.2, 0) is 14.3 Å². The van der Waals surface area contributed by atoms with Gasteiger partial charge in [0, 0.05) is 12.8 Å². The highest BCUT2D eigenvalue weighted by molar-refractivity contribution is 5.76. The minimum atomic E-state index is -0.854. The zero-order valence-corrected chi connectivity index (χ0v) is 39.7. The van der Waals surface area contributed by atoms with Gasteiger partial charge < -0.3 is 20.3 Å². The molecule has 0 aromatic carbocycles. The van der Waals surface area contributed by atoms with Crippen LogP contribution in [0.4, 0.5) is 0 Å². The van der Waals surface area contributed by atoms with Crippen molar-refractivity contribution in [1.29, 1.82) is 0 Å². The van der Waals surface area contributed by atoms with Gasteiger partial charge in [-0.15, -0.1) is 0 Å². The molecule has 0 fully saturated rings. The van der Waals surface area contributed by atoms with Crippen LogP contribution in [0.5, 0.6) is 0 Å². The summed E-state index contributed by atoms with van der Waals surface area (Å²) in [4.78, 5) is 24.4. The zero-order valence-electron chi connectivity index (χ0n) is 39.7. The van der Waals surface area contributed by atoms with Crippen LogP contribution in [0.2, 0.25) is 0 Å². The highest BCUT2D eigenvalue weighted by atomic mass is 16.5. The van der Waals surface area contributed by atoms with E-state index in [0.717, 1.165) is 70.6 Å². The average Bonchev–Trinajstić information content (AvgIpc) is 3.25. The second-order valence-electron chi connectivity index (χ2n) is 17.5. The van der Waals surface area contributed by atoms with Crippen molar-refractivity contribution < 1.29 is 24.5 Å². The number of amides is 1. The van der Waals surface area contributed by atoms with E-state index < -0.39 is 12.1 Å². The standard InChI is InChI=1S/C54H99NO5/c1-3-5-7-9-11-13-15-16-17-18-22-25-28-32-36-40-44-48-54(59)60-49-45-41-37-33-29-26-23-20-19-21-24-27-31-35-39-43-47-53(58)55-51(50-56)52(57)46-42-38-34-30-14-12-10-8-6-4-2/h11,13,16-17,19,21,42,46,51-52,56-57H,3-10,12,14-15,18,20,22-41,43-45,47-50H2,1-2H3,(H,55,58)/b13-11-,17-16-,21-19-,46-42+. The van der Waals surface area contributed by atoms with Crippen molar-refractivity contribution in [3.8, 4) is 0 Å². The van der Waals surface area contributed by atoms with Gasteiger partial charge in [-0.3, -0.25) is 9.59 Å². The van der Waals surface area contributed by atoms with Gasteiger partial charge in [0.15, 0.2) is 0 Å². The molecule has 0 aromatic heterocycles. The zero-order chi connectivity index (χ0) is 43.7.